The predicted molar refractivity (Wildman–Crippen MR) is 90.1 cm³/mol. The van der Waals surface area contributed by atoms with Gasteiger partial charge >= 0.3 is 0 Å². The molecule has 1 aliphatic rings. The van der Waals surface area contributed by atoms with E-state index in [9.17, 15) is 4.79 Å². The zero-order valence-electron chi connectivity index (χ0n) is 12.2. The number of rotatable bonds is 4. The lowest BCUT2D eigenvalue weighted by atomic mass is 9.91. The standard InChI is InChI=1S/C15H22ClN3O.ClH/c1-11(17)12-5-7-19(8-6-12)10-15(20)18-14-4-2-3-13(16)9-14;/h2-4,9,11-12H,5-8,10,17H2,1H3,(H,18,20);1H. The van der Waals surface area contributed by atoms with Crippen LogP contribution in [0.5, 0.6) is 0 Å². The first kappa shape index (κ1) is 18.2. The zero-order valence-corrected chi connectivity index (χ0v) is 13.8. The fourth-order valence-corrected chi connectivity index (χ4v) is 2.80. The molecule has 1 amide bonds. The molecule has 1 atom stereocenters. The Kier molecular flexibility index (Phi) is 7.46. The van der Waals surface area contributed by atoms with Gasteiger partial charge in [-0.25, -0.2) is 0 Å². The number of benzene rings is 1. The van der Waals surface area contributed by atoms with E-state index in [0.717, 1.165) is 31.6 Å². The maximum Gasteiger partial charge on any atom is 0.238 e. The van der Waals surface area contributed by atoms with E-state index < -0.39 is 0 Å². The minimum atomic E-state index is 0. The molecule has 3 N–H and O–H groups in total. The molecule has 4 nitrogen and oxygen atoms in total. The Morgan fingerprint density at radius 1 is 1.48 bits per heavy atom. The number of likely N-dealkylation sites (tertiary alicyclic amines) is 1. The molecule has 1 aromatic rings. The number of carbonyl (C=O) groups excluding carboxylic acids is 1. The summed E-state index contributed by atoms with van der Waals surface area (Å²) in [6, 6.07) is 7.45. The lowest BCUT2D eigenvalue weighted by Crippen LogP contribution is -2.42. The third-order valence-corrected chi connectivity index (χ3v) is 4.09. The lowest BCUT2D eigenvalue weighted by Gasteiger charge is -2.33. The number of halogens is 2. The van der Waals surface area contributed by atoms with Gasteiger partial charge in [-0.2, -0.15) is 0 Å². The number of nitrogens with two attached hydrogens (primary N) is 1. The molecule has 1 aliphatic heterocycles. The van der Waals surface area contributed by atoms with E-state index >= 15 is 0 Å². The van der Waals surface area contributed by atoms with Gasteiger partial charge in [-0.05, 0) is 57.0 Å². The van der Waals surface area contributed by atoms with Gasteiger partial charge in [0.1, 0.15) is 0 Å². The summed E-state index contributed by atoms with van der Waals surface area (Å²) in [6.45, 7) is 4.37. The van der Waals surface area contributed by atoms with Crippen molar-refractivity contribution in [3.63, 3.8) is 0 Å². The fraction of sp³-hybridized carbons (Fsp3) is 0.533. The van der Waals surface area contributed by atoms with Crippen LogP contribution in [0.1, 0.15) is 19.8 Å². The summed E-state index contributed by atoms with van der Waals surface area (Å²) >= 11 is 5.89. The number of hydrogen-bond acceptors (Lipinski definition) is 3. The van der Waals surface area contributed by atoms with Crippen LogP contribution in [0.4, 0.5) is 5.69 Å². The zero-order chi connectivity index (χ0) is 14.5. The van der Waals surface area contributed by atoms with E-state index in [4.69, 9.17) is 17.3 Å². The van der Waals surface area contributed by atoms with Gasteiger partial charge in [-0.1, -0.05) is 17.7 Å². The van der Waals surface area contributed by atoms with Crippen LogP contribution in [0.25, 0.3) is 0 Å². The highest BCUT2D eigenvalue weighted by molar-refractivity contribution is 6.30. The molecular weight excluding hydrogens is 309 g/mol. The quantitative estimate of drug-likeness (QED) is 0.891. The molecule has 1 unspecified atom stereocenters. The normalized spacial score (nSPS) is 17.9. The van der Waals surface area contributed by atoms with Gasteiger partial charge in [0.15, 0.2) is 0 Å². The molecule has 2 rings (SSSR count). The first-order valence-corrected chi connectivity index (χ1v) is 7.46. The Morgan fingerprint density at radius 3 is 2.71 bits per heavy atom. The summed E-state index contributed by atoms with van der Waals surface area (Å²) in [4.78, 5) is 14.2. The summed E-state index contributed by atoms with van der Waals surface area (Å²) in [6.07, 6.45) is 2.14. The van der Waals surface area contributed by atoms with Crippen LogP contribution in [-0.4, -0.2) is 36.5 Å². The number of anilines is 1. The van der Waals surface area contributed by atoms with Crippen molar-refractivity contribution in [1.82, 2.24) is 4.90 Å². The SMILES string of the molecule is CC(N)C1CCN(CC(=O)Nc2cccc(Cl)c2)CC1.Cl. The second-order valence-corrected chi connectivity index (χ2v) is 5.97. The van der Waals surface area contributed by atoms with Gasteiger partial charge in [0.05, 0.1) is 6.54 Å². The molecule has 0 bridgehead atoms. The predicted octanol–water partition coefficient (Wildman–Crippen LogP) is 2.76. The summed E-state index contributed by atoms with van der Waals surface area (Å²) in [5.41, 5.74) is 6.66. The molecule has 118 valence electrons. The number of amides is 1. The van der Waals surface area contributed by atoms with Crippen molar-refractivity contribution in [2.75, 3.05) is 25.0 Å². The van der Waals surface area contributed by atoms with Gasteiger partial charge in [0.2, 0.25) is 5.91 Å². The van der Waals surface area contributed by atoms with Gasteiger partial charge in [-0.15, -0.1) is 12.4 Å². The van der Waals surface area contributed by atoms with Crippen LogP contribution in [0.3, 0.4) is 0 Å². The first-order valence-electron chi connectivity index (χ1n) is 7.08. The Morgan fingerprint density at radius 2 is 2.14 bits per heavy atom. The Bertz CT molecular complexity index is 460. The van der Waals surface area contributed by atoms with Crippen LogP contribution < -0.4 is 11.1 Å². The van der Waals surface area contributed by atoms with E-state index in [1.807, 2.05) is 12.1 Å². The van der Waals surface area contributed by atoms with Gasteiger partial charge in [0.25, 0.3) is 0 Å². The first-order chi connectivity index (χ1) is 9.54. The average Bonchev–Trinajstić information content (AvgIpc) is 2.39. The van der Waals surface area contributed by atoms with Crippen LogP contribution in [0, 0.1) is 5.92 Å². The lowest BCUT2D eigenvalue weighted by molar-refractivity contribution is -0.117. The molecule has 1 saturated heterocycles. The summed E-state index contributed by atoms with van der Waals surface area (Å²) in [7, 11) is 0. The van der Waals surface area contributed by atoms with Crippen LogP contribution in [0.2, 0.25) is 5.02 Å². The summed E-state index contributed by atoms with van der Waals surface area (Å²) < 4.78 is 0. The van der Waals surface area contributed by atoms with Crippen LogP contribution in [0.15, 0.2) is 24.3 Å². The fourth-order valence-electron chi connectivity index (χ4n) is 2.61. The second kappa shape index (κ2) is 8.59. The van der Waals surface area contributed by atoms with Crippen molar-refractivity contribution in [3.05, 3.63) is 29.3 Å². The van der Waals surface area contributed by atoms with Crippen molar-refractivity contribution in [2.45, 2.75) is 25.8 Å². The average molecular weight is 332 g/mol. The van der Waals surface area contributed by atoms with Crippen molar-refractivity contribution < 1.29 is 4.79 Å². The number of piperidine rings is 1. The number of carbonyl (C=O) groups is 1. The third-order valence-electron chi connectivity index (χ3n) is 3.85. The van der Waals surface area contributed by atoms with E-state index in [-0.39, 0.29) is 24.4 Å². The Hall–Kier alpha value is -0.810. The van der Waals surface area contributed by atoms with E-state index in [0.29, 0.717) is 17.5 Å². The third kappa shape index (κ3) is 5.83. The van der Waals surface area contributed by atoms with Crippen LogP contribution >= 0.6 is 24.0 Å². The molecule has 1 aromatic carbocycles. The largest absolute Gasteiger partial charge is 0.328 e. The highest BCUT2D eigenvalue weighted by Gasteiger charge is 2.22. The maximum atomic E-state index is 12.0. The molecule has 1 fully saturated rings. The molecule has 0 radical (unpaired) electrons. The van der Waals surface area contributed by atoms with Crippen molar-refractivity contribution in [2.24, 2.45) is 11.7 Å². The molecular formula is C15H23Cl2N3O. The molecule has 21 heavy (non-hydrogen) atoms. The smallest absolute Gasteiger partial charge is 0.238 e. The van der Waals surface area contributed by atoms with Crippen molar-refractivity contribution >= 4 is 35.6 Å². The molecule has 0 aliphatic carbocycles. The van der Waals surface area contributed by atoms with E-state index in [2.05, 4.69) is 17.1 Å². The molecule has 0 spiro atoms. The number of hydrogen-bond donors (Lipinski definition) is 2. The summed E-state index contributed by atoms with van der Waals surface area (Å²) in [5, 5.41) is 3.50. The van der Waals surface area contributed by atoms with Crippen molar-refractivity contribution in [1.29, 1.82) is 0 Å². The van der Waals surface area contributed by atoms with E-state index in [1.54, 1.807) is 12.1 Å². The number of nitrogens with one attached hydrogen (secondary N) is 1. The minimum Gasteiger partial charge on any atom is -0.328 e. The van der Waals surface area contributed by atoms with E-state index in [1.165, 1.54) is 0 Å². The monoisotopic (exact) mass is 331 g/mol. The Labute approximate surface area is 137 Å². The molecule has 1 heterocycles. The second-order valence-electron chi connectivity index (χ2n) is 5.53. The maximum absolute atomic E-state index is 12.0. The summed E-state index contributed by atoms with van der Waals surface area (Å²) in [5.74, 6) is 0.591. The topological polar surface area (TPSA) is 58.4 Å². The van der Waals surface area contributed by atoms with Gasteiger partial charge in [0, 0.05) is 16.8 Å². The highest BCUT2D eigenvalue weighted by Crippen LogP contribution is 2.19. The van der Waals surface area contributed by atoms with Crippen molar-refractivity contribution in [3.8, 4) is 0 Å². The van der Waals surface area contributed by atoms with Crippen LogP contribution in [-0.2, 0) is 4.79 Å². The highest BCUT2D eigenvalue weighted by atomic mass is 35.5. The minimum absolute atomic E-state index is 0. The molecule has 0 saturated carbocycles. The van der Waals surface area contributed by atoms with Gasteiger partial charge < -0.3 is 11.1 Å². The molecule has 0 aromatic heterocycles. The van der Waals surface area contributed by atoms with Gasteiger partial charge in [-0.3, -0.25) is 9.69 Å². The number of nitrogens with zero attached hydrogens (tertiary/aromatic N) is 1. The molecule has 6 heteroatoms. The Balaban J connectivity index is 0.00000220.